The van der Waals surface area contributed by atoms with E-state index in [2.05, 4.69) is 11.9 Å². The number of aromatic nitrogens is 1. The Balaban J connectivity index is 2.40. The van der Waals surface area contributed by atoms with Crippen LogP contribution in [-0.4, -0.2) is 10.9 Å². The molecular formula is C7H10ClNS. The lowest BCUT2D eigenvalue weighted by Gasteiger charge is -2.02. The van der Waals surface area contributed by atoms with Crippen LogP contribution in [0.5, 0.6) is 0 Å². The fraction of sp³-hybridized carbons (Fsp3) is 0.571. The Morgan fingerprint density at radius 3 is 3.10 bits per heavy atom. The average Bonchev–Trinajstić information content (AvgIpc) is 2.40. The molecule has 0 saturated carbocycles. The van der Waals surface area contributed by atoms with Crippen LogP contribution in [-0.2, 0) is 6.42 Å². The Labute approximate surface area is 70.1 Å². The van der Waals surface area contributed by atoms with Gasteiger partial charge in [0, 0.05) is 17.0 Å². The van der Waals surface area contributed by atoms with Gasteiger partial charge in [-0.15, -0.1) is 22.9 Å². The van der Waals surface area contributed by atoms with E-state index in [1.165, 1.54) is 4.88 Å². The molecule has 10 heavy (non-hydrogen) atoms. The normalized spacial score (nSPS) is 13.4. The van der Waals surface area contributed by atoms with Crippen molar-refractivity contribution in [2.45, 2.75) is 13.3 Å². The summed E-state index contributed by atoms with van der Waals surface area (Å²) in [7, 11) is 0. The predicted octanol–water partition coefficient (Wildman–Crippen LogP) is 2.56. The van der Waals surface area contributed by atoms with E-state index in [4.69, 9.17) is 11.6 Å². The van der Waals surface area contributed by atoms with Gasteiger partial charge in [-0.1, -0.05) is 6.92 Å². The maximum Gasteiger partial charge on any atom is 0.0794 e. The number of hydrogen-bond acceptors (Lipinski definition) is 2. The highest BCUT2D eigenvalue weighted by Crippen LogP contribution is 2.12. The van der Waals surface area contributed by atoms with Gasteiger partial charge in [-0.3, -0.25) is 4.98 Å². The number of hydrogen-bond donors (Lipinski definition) is 0. The highest BCUT2D eigenvalue weighted by Gasteiger charge is 2.01. The van der Waals surface area contributed by atoms with E-state index in [0.29, 0.717) is 5.92 Å². The van der Waals surface area contributed by atoms with E-state index >= 15 is 0 Å². The Bertz CT molecular complexity index is 174. The molecule has 1 heterocycles. The van der Waals surface area contributed by atoms with Gasteiger partial charge in [0.2, 0.25) is 0 Å². The van der Waals surface area contributed by atoms with Crippen LogP contribution in [0, 0.1) is 5.92 Å². The average molecular weight is 176 g/mol. The number of rotatable bonds is 3. The van der Waals surface area contributed by atoms with Crippen molar-refractivity contribution < 1.29 is 0 Å². The lowest BCUT2D eigenvalue weighted by Crippen LogP contribution is -1.98. The quantitative estimate of drug-likeness (QED) is 0.644. The van der Waals surface area contributed by atoms with Crippen LogP contribution in [0.4, 0.5) is 0 Å². The van der Waals surface area contributed by atoms with Crippen molar-refractivity contribution in [3.63, 3.8) is 0 Å². The first-order chi connectivity index (χ1) is 4.83. The summed E-state index contributed by atoms with van der Waals surface area (Å²) in [6.07, 6.45) is 2.97. The fourth-order valence-electron chi connectivity index (χ4n) is 0.741. The summed E-state index contributed by atoms with van der Waals surface area (Å²) in [6, 6.07) is 0. The molecule has 0 aliphatic rings. The lowest BCUT2D eigenvalue weighted by atomic mass is 10.1. The van der Waals surface area contributed by atoms with E-state index in [1.54, 1.807) is 11.3 Å². The number of alkyl halides is 1. The first kappa shape index (κ1) is 8.02. The Hall–Kier alpha value is -0.0800. The van der Waals surface area contributed by atoms with Gasteiger partial charge in [0.25, 0.3) is 0 Å². The van der Waals surface area contributed by atoms with E-state index in [-0.39, 0.29) is 0 Å². The molecule has 3 heteroatoms. The third kappa shape index (κ3) is 2.27. The molecule has 1 aromatic heterocycles. The van der Waals surface area contributed by atoms with Crippen LogP contribution in [0.2, 0.25) is 0 Å². The predicted molar refractivity (Wildman–Crippen MR) is 45.7 cm³/mol. The summed E-state index contributed by atoms with van der Waals surface area (Å²) >= 11 is 7.35. The summed E-state index contributed by atoms with van der Waals surface area (Å²) in [5.41, 5.74) is 1.86. The molecule has 0 aromatic carbocycles. The highest BCUT2D eigenvalue weighted by molar-refractivity contribution is 7.09. The fourth-order valence-corrected chi connectivity index (χ4v) is 1.61. The second kappa shape index (κ2) is 3.94. The van der Waals surface area contributed by atoms with Crippen LogP contribution in [0.3, 0.4) is 0 Å². The third-order valence-corrected chi connectivity index (χ3v) is 2.63. The van der Waals surface area contributed by atoms with Crippen LogP contribution < -0.4 is 0 Å². The van der Waals surface area contributed by atoms with Crippen molar-refractivity contribution in [2.24, 2.45) is 5.92 Å². The second-order valence-corrected chi connectivity index (χ2v) is 3.71. The lowest BCUT2D eigenvalue weighted by molar-refractivity contribution is 0.661. The van der Waals surface area contributed by atoms with E-state index < -0.39 is 0 Å². The molecule has 1 aromatic rings. The van der Waals surface area contributed by atoms with E-state index in [9.17, 15) is 0 Å². The molecule has 56 valence electrons. The van der Waals surface area contributed by atoms with Crippen LogP contribution >= 0.6 is 22.9 Å². The first-order valence-corrected chi connectivity index (χ1v) is 4.67. The molecule has 0 fully saturated rings. The van der Waals surface area contributed by atoms with Crippen LogP contribution in [0.1, 0.15) is 11.8 Å². The minimum Gasteiger partial charge on any atom is -0.253 e. The van der Waals surface area contributed by atoms with E-state index in [1.807, 2.05) is 11.7 Å². The molecule has 0 aliphatic carbocycles. The zero-order chi connectivity index (χ0) is 7.40. The van der Waals surface area contributed by atoms with Crippen molar-refractivity contribution in [3.05, 3.63) is 16.6 Å². The Morgan fingerprint density at radius 1 is 1.80 bits per heavy atom. The second-order valence-electron chi connectivity index (χ2n) is 2.43. The summed E-state index contributed by atoms with van der Waals surface area (Å²) in [4.78, 5) is 5.31. The molecule has 0 radical (unpaired) electrons. The molecule has 0 saturated heterocycles. The number of halogens is 1. The molecule has 1 atom stereocenters. The third-order valence-electron chi connectivity index (χ3n) is 1.30. The first-order valence-electron chi connectivity index (χ1n) is 3.26. The summed E-state index contributed by atoms with van der Waals surface area (Å²) in [6.45, 7) is 2.15. The van der Waals surface area contributed by atoms with Crippen molar-refractivity contribution in [2.75, 3.05) is 5.88 Å². The van der Waals surface area contributed by atoms with Crippen LogP contribution in [0.15, 0.2) is 11.7 Å². The standard InChI is InChI=1S/C7H10ClNS/c1-6(3-8)2-7-4-9-5-10-7/h4-6H,2-3H2,1H3. The molecule has 0 amide bonds. The van der Waals surface area contributed by atoms with Gasteiger partial charge < -0.3 is 0 Å². The van der Waals surface area contributed by atoms with Gasteiger partial charge in [0.15, 0.2) is 0 Å². The molecule has 0 spiro atoms. The van der Waals surface area contributed by atoms with E-state index in [0.717, 1.165) is 12.3 Å². The summed E-state index contributed by atoms with van der Waals surface area (Å²) < 4.78 is 0. The van der Waals surface area contributed by atoms with Crippen molar-refractivity contribution in [1.82, 2.24) is 4.98 Å². The molecule has 0 bridgehead atoms. The number of thiazole rings is 1. The van der Waals surface area contributed by atoms with Gasteiger partial charge in [0.1, 0.15) is 0 Å². The Morgan fingerprint density at radius 2 is 2.60 bits per heavy atom. The monoisotopic (exact) mass is 175 g/mol. The maximum atomic E-state index is 5.65. The number of nitrogens with zero attached hydrogens (tertiary/aromatic N) is 1. The SMILES string of the molecule is CC(CCl)Cc1cncs1. The van der Waals surface area contributed by atoms with Gasteiger partial charge in [-0.05, 0) is 12.3 Å². The van der Waals surface area contributed by atoms with Gasteiger partial charge in [-0.25, -0.2) is 0 Å². The Kier molecular flexibility index (Phi) is 3.16. The molecular weight excluding hydrogens is 166 g/mol. The minimum absolute atomic E-state index is 0.571. The van der Waals surface area contributed by atoms with Gasteiger partial charge in [0.05, 0.1) is 5.51 Å². The van der Waals surface area contributed by atoms with Crippen molar-refractivity contribution in [3.8, 4) is 0 Å². The van der Waals surface area contributed by atoms with Crippen molar-refractivity contribution in [1.29, 1.82) is 0 Å². The zero-order valence-electron chi connectivity index (χ0n) is 5.88. The smallest absolute Gasteiger partial charge is 0.0794 e. The molecule has 1 rings (SSSR count). The largest absolute Gasteiger partial charge is 0.253 e. The summed E-state index contributed by atoms with van der Waals surface area (Å²) in [5.74, 6) is 1.31. The molecule has 1 unspecified atom stereocenters. The van der Waals surface area contributed by atoms with Crippen molar-refractivity contribution >= 4 is 22.9 Å². The minimum atomic E-state index is 0.571. The molecule has 0 N–H and O–H groups in total. The molecule has 1 nitrogen and oxygen atoms in total. The van der Waals surface area contributed by atoms with Crippen LogP contribution in [0.25, 0.3) is 0 Å². The highest BCUT2D eigenvalue weighted by atomic mass is 35.5. The van der Waals surface area contributed by atoms with Gasteiger partial charge in [-0.2, -0.15) is 0 Å². The summed E-state index contributed by atoms with van der Waals surface area (Å²) in [5, 5.41) is 0. The van der Waals surface area contributed by atoms with Gasteiger partial charge >= 0.3 is 0 Å². The molecule has 0 aliphatic heterocycles. The zero-order valence-corrected chi connectivity index (χ0v) is 7.45. The maximum absolute atomic E-state index is 5.65. The topological polar surface area (TPSA) is 12.9 Å².